The van der Waals surface area contributed by atoms with E-state index in [4.69, 9.17) is 5.26 Å². The number of likely N-dealkylation sites (tertiary alicyclic amines) is 1. The van der Waals surface area contributed by atoms with Crippen molar-refractivity contribution >= 4 is 24.1 Å². The third-order valence-corrected chi connectivity index (χ3v) is 5.81. The summed E-state index contributed by atoms with van der Waals surface area (Å²) < 4.78 is 72.5. The van der Waals surface area contributed by atoms with Gasteiger partial charge in [-0.05, 0) is 51.4 Å². The molecule has 4 amide bonds. The third-order valence-electron chi connectivity index (χ3n) is 5.81. The minimum absolute atomic E-state index is 0.168. The number of nitrogens with one attached hydrogen (secondary N) is 3. The first-order valence-electron chi connectivity index (χ1n) is 12.7. The summed E-state index contributed by atoms with van der Waals surface area (Å²) in [6, 6.07) is 1.50. The van der Waals surface area contributed by atoms with E-state index in [-0.39, 0.29) is 17.9 Å². The first-order chi connectivity index (χ1) is 18.5. The van der Waals surface area contributed by atoms with Crippen LogP contribution in [0.4, 0.5) is 26.3 Å². The van der Waals surface area contributed by atoms with E-state index in [9.17, 15) is 45.5 Å². The fourth-order valence-corrected chi connectivity index (χ4v) is 4.03. The number of carbonyl (C=O) groups is 4. The molecule has 0 aromatic rings. The highest BCUT2D eigenvalue weighted by Crippen LogP contribution is 2.36. The minimum Gasteiger partial charge on any atom is -0.356 e. The van der Waals surface area contributed by atoms with Crippen LogP contribution < -0.4 is 16.0 Å². The molecule has 0 aromatic heterocycles. The van der Waals surface area contributed by atoms with Gasteiger partial charge in [-0.15, -0.1) is 13.2 Å². The van der Waals surface area contributed by atoms with Crippen LogP contribution in [0.15, 0.2) is 0 Å². The second-order valence-electron chi connectivity index (χ2n) is 9.45. The Labute approximate surface area is 229 Å². The second kappa shape index (κ2) is 18.3. The molecule has 3 N–H and O–H groups in total. The van der Waals surface area contributed by atoms with Gasteiger partial charge in [0.2, 0.25) is 18.2 Å². The van der Waals surface area contributed by atoms with E-state index in [2.05, 4.69) is 15.4 Å². The molecule has 1 aliphatic carbocycles. The number of carbonyl (C=O) groups excluding carboxylic acids is 4. The lowest BCUT2D eigenvalue weighted by Crippen LogP contribution is -2.41. The first kappa shape index (κ1) is 36.9. The highest BCUT2D eigenvalue weighted by Gasteiger charge is 2.39. The normalized spacial score (nSPS) is 21.2. The number of hydrogen-bond donors (Lipinski definition) is 3. The zero-order valence-electron chi connectivity index (χ0n) is 22.7. The highest BCUT2D eigenvalue weighted by atomic mass is 19.4. The van der Waals surface area contributed by atoms with Crippen LogP contribution in [0.25, 0.3) is 0 Å². The van der Waals surface area contributed by atoms with Gasteiger partial charge in [-0.1, -0.05) is 6.42 Å². The van der Waals surface area contributed by atoms with Crippen LogP contribution in [0.1, 0.15) is 59.3 Å². The second-order valence-corrected chi connectivity index (χ2v) is 9.45. The molecule has 0 spiro atoms. The van der Waals surface area contributed by atoms with E-state index in [1.54, 1.807) is 6.92 Å². The maximum Gasteiger partial charge on any atom is 0.522 e. The Hall–Kier alpha value is -3.09. The number of ether oxygens (including phenoxy) is 1. The summed E-state index contributed by atoms with van der Waals surface area (Å²) >= 11 is 0. The smallest absolute Gasteiger partial charge is 0.356 e. The number of piperidine rings is 1. The van der Waals surface area contributed by atoms with Gasteiger partial charge < -0.3 is 20.9 Å². The highest BCUT2D eigenvalue weighted by molar-refractivity contribution is 5.81. The lowest BCUT2D eigenvalue weighted by atomic mass is 10.0. The number of hydrogen-bond acceptors (Lipinski definition) is 6. The summed E-state index contributed by atoms with van der Waals surface area (Å²) in [7, 11) is 0. The van der Waals surface area contributed by atoms with Crippen LogP contribution in [0.3, 0.4) is 0 Å². The van der Waals surface area contributed by atoms with Gasteiger partial charge in [-0.3, -0.25) is 23.9 Å². The molecule has 0 bridgehead atoms. The van der Waals surface area contributed by atoms with Crippen LogP contribution in [0, 0.1) is 23.2 Å². The van der Waals surface area contributed by atoms with Crippen molar-refractivity contribution in [2.75, 3.05) is 26.2 Å². The zero-order chi connectivity index (χ0) is 30.9. The SMILES string of the molecule is CC(=O)NC(C)C#N.C[C@H](CNC(=O)C(F)(F)F)OC(F)(F)F.O=C1CCCCN1.O=CN1C[C@H]2CCC[C@H]2C1. The average Bonchev–Trinajstić information content (AvgIpc) is 3.44. The molecule has 4 atom stereocenters. The molecule has 3 fully saturated rings. The van der Waals surface area contributed by atoms with Gasteiger partial charge >= 0.3 is 18.4 Å². The van der Waals surface area contributed by atoms with Crippen molar-refractivity contribution < 1.29 is 50.3 Å². The molecule has 1 unspecified atom stereocenters. The van der Waals surface area contributed by atoms with Crippen molar-refractivity contribution in [3.63, 3.8) is 0 Å². The summed E-state index contributed by atoms with van der Waals surface area (Å²) in [6.45, 7) is 5.97. The molecular formula is C24H37F6N5O5. The van der Waals surface area contributed by atoms with Crippen LogP contribution in [0.2, 0.25) is 0 Å². The van der Waals surface area contributed by atoms with Gasteiger partial charge in [0.15, 0.2) is 0 Å². The number of alkyl halides is 6. The van der Waals surface area contributed by atoms with Gasteiger partial charge in [0, 0.05) is 39.5 Å². The Morgan fingerprint density at radius 2 is 1.70 bits per heavy atom. The van der Waals surface area contributed by atoms with Crippen LogP contribution in [-0.2, 0) is 23.9 Å². The van der Waals surface area contributed by atoms with Crippen molar-refractivity contribution in [2.24, 2.45) is 11.8 Å². The lowest BCUT2D eigenvalue weighted by Gasteiger charge is -2.16. The van der Waals surface area contributed by atoms with E-state index >= 15 is 0 Å². The summed E-state index contributed by atoms with van der Waals surface area (Å²) in [5.41, 5.74) is 0. The first-order valence-corrected chi connectivity index (χ1v) is 12.7. The van der Waals surface area contributed by atoms with Gasteiger partial charge in [0.05, 0.1) is 12.2 Å². The van der Waals surface area contributed by atoms with Gasteiger partial charge in [-0.2, -0.15) is 18.4 Å². The Kier molecular flexibility index (Phi) is 16.9. The third kappa shape index (κ3) is 18.2. The number of fused-ring (bicyclic) bond motifs is 1. The fraction of sp³-hybridized carbons (Fsp3) is 0.792. The number of amides is 4. The summed E-state index contributed by atoms with van der Waals surface area (Å²) in [5.74, 6) is -0.555. The standard InChI is InChI=1S/C8H13NO.C6H7F6NO2.C5H8N2O.C5H9NO/c10-6-9-4-7-2-1-3-8(7)5-9;1-3(15-6(10,11)12)2-13-4(14)5(7,8)9;1-4(3-6)7-5(2)8;7-5-3-1-2-4-6-5/h6-8H,1-5H2;3H,2H2,1H3,(H,13,14);4H,1-2H3,(H,7,8);1-4H2,(H,6,7)/t7-,8+;3-;;/m.1../s1. The molecule has 1 saturated carbocycles. The van der Waals surface area contributed by atoms with Gasteiger partial charge in [0.25, 0.3) is 0 Å². The predicted molar refractivity (Wildman–Crippen MR) is 130 cm³/mol. The monoisotopic (exact) mass is 589 g/mol. The van der Waals surface area contributed by atoms with Crippen molar-refractivity contribution in [3.05, 3.63) is 0 Å². The van der Waals surface area contributed by atoms with Crippen LogP contribution in [-0.4, -0.2) is 79.9 Å². The minimum atomic E-state index is -5.11. The number of nitriles is 1. The molecule has 40 heavy (non-hydrogen) atoms. The van der Waals surface area contributed by atoms with E-state index in [1.807, 2.05) is 11.0 Å². The largest absolute Gasteiger partial charge is 0.522 e. The predicted octanol–water partition coefficient (Wildman–Crippen LogP) is 2.79. The van der Waals surface area contributed by atoms with Crippen LogP contribution >= 0.6 is 0 Å². The van der Waals surface area contributed by atoms with Gasteiger partial charge in [0.1, 0.15) is 6.04 Å². The zero-order valence-corrected chi connectivity index (χ0v) is 22.7. The summed E-state index contributed by atoms with van der Waals surface area (Å²) in [4.78, 5) is 43.0. The summed E-state index contributed by atoms with van der Waals surface area (Å²) in [6.07, 6.45) is -3.57. The van der Waals surface area contributed by atoms with Crippen LogP contribution in [0.5, 0.6) is 0 Å². The van der Waals surface area contributed by atoms with E-state index in [1.165, 1.54) is 31.5 Å². The molecule has 230 valence electrons. The van der Waals surface area contributed by atoms with E-state index in [0.29, 0.717) is 0 Å². The maximum absolute atomic E-state index is 11.6. The molecule has 2 heterocycles. The molecule has 0 radical (unpaired) electrons. The number of nitrogens with zero attached hydrogens (tertiary/aromatic N) is 2. The van der Waals surface area contributed by atoms with Crippen molar-refractivity contribution in [2.45, 2.75) is 84.0 Å². The molecular weight excluding hydrogens is 552 g/mol. The Bertz CT molecular complexity index is 829. The Morgan fingerprint density at radius 1 is 1.12 bits per heavy atom. The van der Waals surface area contributed by atoms with Gasteiger partial charge in [-0.25, -0.2) is 0 Å². The Balaban J connectivity index is 0.000000529. The number of halogens is 6. The quantitative estimate of drug-likeness (QED) is 0.333. The number of rotatable bonds is 5. The van der Waals surface area contributed by atoms with Crippen molar-refractivity contribution in [1.29, 1.82) is 5.26 Å². The molecule has 2 saturated heterocycles. The fourth-order valence-electron chi connectivity index (χ4n) is 4.03. The Morgan fingerprint density at radius 3 is 2.02 bits per heavy atom. The van der Waals surface area contributed by atoms with E-state index in [0.717, 1.165) is 64.1 Å². The molecule has 3 aliphatic rings. The van der Waals surface area contributed by atoms with Crippen molar-refractivity contribution in [1.82, 2.24) is 20.9 Å². The van der Waals surface area contributed by atoms with E-state index < -0.39 is 31.1 Å². The molecule has 16 heteroatoms. The molecule has 3 rings (SSSR count). The maximum atomic E-state index is 11.6. The summed E-state index contributed by atoms with van der Waals surface area (Å²) in [5, 5.41) is 14.5. The lowest BCUT2D eigenvalue weighted by molar-refractivity contribution is -0.339. The van der Waals surface area contributed by atoms with Crippen molar-refractivity contribution in [3.8, 4) is 6.07 Å². The topological polar surface area (TPSA) is 141 Å². The molecule has 2 aliphatic heterocycles. The molecule has 0 aromatic carbocycles. The average molecular weight is 590 g/mol. The molecule has 10 nitrogen and oxygen atoms in total.